The number of nitrogens with two attached hydrogens (primary N) is 1. The number of aromatic nitrogens is 1. The number of rotatable bonds is 2. The maximum absolute atomic E-state index is 13.3. The number of hydrogen-bond donors (Lipinski definition) is 2. The summed E-state index contributed by atoms with van der Waals surface area (Å²) in [6.45, 7) is 2.60. The van der Waals surface area contributed by atoms with Crippen LogP contribution in [0.5, 0.6) is 0 Å². The van der Waals surface area contributed by atoms with Crippen molar-refractivity contribution >= 4 is 0 Å². The van der Waals surface area contributed by atoms with E-state index in [1.165, 1.54) is 32.2 Å². The van der Waals surface area contributed by atoms with E-state index in [0.29, 0.717) is 0 Å². The summed E-state index contributed by atoms with van der Waals surface area (Å²) >= 11 is 0. The first kappa shape index (κ1) is 9.19. The number of H-pyrrole nitrogens is 1. The van der Waals surface area contributed by atoms with Crippen LogP contribution in [0.15, 0.2) is 18.3 Å². The molecule has 0 aliphatic heterocycles. The van der Waals surface area contributed by atoms with Crippen molar-refractivity contribution in [1.29, 1.82) is 0 Å². The predicted octanol–water partition coefficient (Wildman–Crippen LogP) is 1.84. The van der Waals surface area contributed by atoms with Crippen LogP contribution in [-0.2, 0) is 5.92 Å². The molecule has 1 aromatic heterocycles. The zero-order valence-corrected chi connectivity index (χ0v) is 7.07. The van der Waals surface area contributed by atoms with Gasteiger partial charge in [-0.25, -0.2) is 0 Å². The van der Waals surface area contributed by atoms with Crippen molar-refractivity contribution in [3.8, 4) is 0 Å². The maximum Gasteiger partial charge on any atom is 0.304 e. The molecule has 3 N–H and O–H groups in total. The predicted molar refractivity (Wildman–Crippen MR) is 43.0 cm³/mol. The highest BCUT2D eigenvalue weighted by atomic mass is 19.3. The molecule has 0 bridgehead atoms. The first-order valence-electron chi connectivity index (χ1n) is 3.66. The number of nitrogens with one attached hydrogen (secondary N) is 1. The quantitative estimate of drug-likeness (QED) is 0.705. The average molecular weight is 174 g/mol. The van der Waals surface area contributed by atoms with Crippen LogP contribution in [0.1, 0.15) is 19.5 Å². The molecule has 0 unspecified atom stereocenters. The van der Waals surface area contributed by atoms with E-state index in [9.17, 15) is 8.78 Å². The highest BCUT2D eigenvalue weighted by molar-refractivity contribution is 5.15. The fourth-order valence-electron chi connectivity index (χ4n) is 0.873. The Balaban J connectivity index is 3.02. The molecule has 0 saturated carbocycles. The summed E-state index contributed by atoms with van der Waals surface area (Å²) in [5.41, 5.74) is 3.65. The van der Waals surface area contributed by atoms with Crippen molar-refractivity contribution in [2.24, 2.45) is 5.73 Å². The SMILES string of the molecule is CC(C)(N)C(F)(F)c1ccc[nH]1. The van der Waals surface area contributed by atoms with Crippen molar-refractivity contribution in [3.63, 3.8) is 0 Å². The van der Waals surface area contributed by atoms with Gasteiger partial charge in [-0.1, -0.05) is 0 Å². The summed E-state index contributed by atoms with van der Waals surface area (Å²) in [4.78, 5) is 2.45. The molecule has 0 amide bonds. The largest absolute Gasteiger partial charge is 0.360 e. The van der Waals surface area contributed by atoms with Gasteiger partial charge in [0, 0.05) is 6.20 Å². The highest BCUT2D eigenvalue weighted by Crippen LogP contribution is 2.35. The van der Waals surface area contributed by atoms with E-state index in [2.05, 4.69) is 4.98 Å². The lowest BCUT2D eigenvalue weighted by molar-refractivity contribution is -0.0706. The third kappa shape index (κ3) is 1.34. The molecule has 68 valence electrons. The Morgan fingerprint density at radius 2 is 2.00 bits per heavy atom. The van der Waals surface area contributed by atoms with Gasteiger partial charge in [0.25, 0.3) is 0 Å². The molecule has 12 heavy (non-hydrogen) atoms. The molecule has 0 fully saturated rings. The Bertz CT molecular complexity index is 247. The highest BCUT2D eigenvalue weighted by Gasteiger charge is 2.46. The van der Waals surface area contributed by atoms with Crippen LogP contribution in [0.25, 0.3) is 0 Å². The van der Waals surface area contributed by atoms with E-state index >= 15 is 0 Å². The van der Waals surface area contributed by atoms with Gasteiger partial charge in [0.05, 0.1) is 11.2 Å². The minimum atomic E-state index is -3.02. The number of hydrogen-bond acceptors (Lipinski definition) is 1. The lowest BCUT2D eigenvalue weighted by atomic mass is 9.95. The monoisotopic (exact) mass is 174 g/mol. The molecule has 0 atom stereocenters. The summed E-state index contributed by atoms with van der Waals surface area (Å²) in [7, 11) is 0. The van der Waals surface area contributed by atoms with E-state index in [1.807, 2.05) is 0 Å². The minimum absolute atomic E-state index is 0.144. The molecule has 0 aliphatic rings. The number of halogens is 2. The van der Waals surface area contributed by atoms with E-state index in [4.69, 9.17) is 5.73 Å². The third-order valence-electron chi connectivity index (χ3n) is 1.75. The van der Waals surface area contributed by atoms with E-state index in [-0.39, 0.29) is 5.69 Å². The van der Waals surface area contributed by atoms with Crippen LogP contribution in [0.3, 0.4) is 0 Å². The van der Waals surface area contributed by atoms with Crippen molar-refractivity contribution in [1.82, 2.24) is 4.98 Å². The summed E-state index contributed by atoms with van der Waals surface area (Å²) in [6, 6.07) is 2.85. The normalized spacial score (nSPS) is 13.4. The topological polar surface area (TPSA) is 41.8 Å². The molecule has 0 saturated heterocycles. The average Bonchev–Trinajstić information content (AvgIpc) is 2.34. The van der Waals surface area contributed by atoms with Crippen molar-refractivity contribution < 1.29 is 8.78 Å². The summed E-state index contributed by atoms with van der Waals surface area (Å²) in [6.07, 6.45) is 1.45. The summed E-state index contributed by atoms with van der Waals surface area (Å²) < 4.78 is 26.7. The Morgan fingerprint density at radius 1 is 1.42 bits per heavy atom. The third-order valence-corrected chi connectivity index (χ3v) is 1.75. The zero-order valence-electron chi connectivity index (χ0n) is 7.07. The second-order valence-corrected chi connectivity index (χ2v) is 3.38. The molecule has 0 radical (unpaired) electrons. The van der Waals surface area contributed by atoms with Crippen LogP contribution >= 0.6 is 0 Å². The molecular formula is C8H12F2N2. The van der Waals surface area contributed by atoms with Gasteiger partial charge in [0.1, 0.15) is 0 Å². The first-order chi connectivity index (χ1) is 5.36. The van der Waals surface area contributed by atoms with Crippen LogP contribution in [-0.4, -0.2) is 10.5 Å². The molecule has 2 nitrogen and oxygen atoms in total. The fourth-order valence-corrected chi connectivity index (χ4v) is 0.873. The van der Waals surface area contributed by atoms with Gasteiger partial charge >= 0.3 is 5.92 Å². The Kier molecular flexibility index (Phi) is 1.96. The van der Waals surface area contributed by atoms with Gasteiger partial charge in [-0.15, -0.1) is 0 Å². The van der Waals surface area contributed by atoms with Crippen LogP contribution in [0.2, 0.25) is 0 Å². The second kappa shape index (κ2) is 2.55. The van der Waals surface area contributed by atoms with Crippen molar-refractivity contribution in [2.75, 3.05) is 0 Å². The molecule has 0 spiro atoms. The van der Waals surface area contributed by atoms with Gasteiger partial charge in [-0.05, 0) is 26.0 Å². The molecular weight excluding hydrogens is 162 g/mol. The lowest BCUT2D eigenvalue weighted by Crippen LogP contribution is -2.48. The molecule has 1 heterocycles. The van der Waals surface area contributed by atoms with Crippen LogP contribution in [0.4, 0.5) is 8.78 Å². The van der Waals surface area contributed by atoms with Crippen LogP contribution < -0.4 is 5.73 Å². The van der Waals surface area contributed by atoms with Gasteiger partial charge < -0.3 is 10.7 Å². The van der Waals surface area contributed by atoms with Crippen LogP contribution in [0, 0.1) is 0 Å². The molecule has 0 aliphatic carbocycles. The first-order valence-corrected chi connectivity index (χ1v) is 3.66. The summed E-state index contributed by atoms with van der Waals surface area (Å²) in [5.74, 6) is -3.02. The molecule has 1 aromatic rings. The Labute approximate surface area is 69.8 Å². The van der Waals surface area contributed by atoms with Gasteiger partial charge in [0.2, 0.25) is 0 Å². The van der Waals surface area contributed by atoms with Gasteiger partial charge in [-0.3, -0.25) is 0 Å². The smallest absolute Gasteiger partial charge is 0.304 e. The maximum atomic E-state index is 13.3. The van der Waals surface area contributed by atoms with E-state index in [0.717, 1.165) is 0 Å². The number of aromatic amines is 1. The molecule has 4 heteroatoms. The molecule has 1 rings (SSSR count). The van der Waals surface area contributed by atoms with Gasteiger partial charge in [-0.2, -0.15) is 8.78 Å². The fraction of sp³-hybridized carbons (Fsp3) is 0.500. The number of alkyl halides is 2. The Morgan fingerprint density at radius 3 is 2.33 bits per heavy atom. The van der Waals surface area contributed by atoms with Crippen molar-refractivity contribution in [2.45, 2.75) is 25.3 Å². The molecule has 0 aromatic carbocycles. The standard InChI is InChI=1S/C8H12F2N2/c1-7(2,11)8(9,10)6-4-3-5-12-6/h3-5,12H,11H2,1-2H3. The second-order valence-electron chi connectivity index (χ2n) is 3.38. The van der Waals surface area contributed by atoms with Crippen molar-refractivity contribution in [3.05, 3.63) is 24.0 Å². The summed E-state index contributed by atoms with van der Waals surface area (Å²) in [5, 5.41) is 0. The zero-order chi connectivity index (χ0) is 9.41. The Hall–Kier alpha value is -0.900. The lowest BCUT2D eigenvalue weighted by Gasteiger charge is -2.29. The van der Waals surface area contributed by atoms with Gasteiger partial charge in [0.15, 0.2) is 0 Å². The minimum Gasteiger partial charge on any atom is -0.360 e. The van der Waals surface area contributed by atoms with E-state index < -0.39 is 11.5 Å². The van der Waals surface area contributed by atoms with E-state index in [1.54, 1.807) is 0 Å².